The first-order valence-electron chi connectivity index (χ1n) is 21.5. The van der Waals surface area contributed by atoms with E-state index in [1.807, 2.05) is 53.2 Å². The molecule has 7 rings (SSSR count). The number of methoxy groups -OCH3 is 1. The summed E-state index contributed by atoms with van der Waals surface area (Å²) in [5.41, 5.74) is 11.0. The van der Waals surface area contributed by atoms with Crippen molar-refractivity contribution in [2.45, 2.75) is 25.9 Å². The number of aromatic nitrogens is 3. The van der Waals surface area contributed by atoms with Gasteiger partial charge in [0.05, 0.1) is 103 Å². The molecule has 2 aromatic heterocycles. The monoisotopic (exact) mass is 904 g/mol. The molecule has 4 aromatic carbocycles. The van der Waals surface area contributed by atoms with Gasteiger partial charge in [0, 0.05) is 47.7 Å². The van der Waals surface area contributed by atoms with Crippen LogP contribution >= 0.6 is 0 Å². The molecule has 3 heterocycles. The number of carbonyl (C=O) groups is 3. The number of anilines is 1. The number of primary amides is 1. The van der Waals surface area contributed by atoms with Crippen LogP contribution in [0.5, 0.6) is 11.5 Å². The summed E-state index contributed by atoms with van der Waals surface area (Å²) >= 11 is 0. The lowest BCUT2D eigenvalue weighted by atomic mass is 9.95. The number of amides is 3. The van der Waals surface area contributed by atoms with Gasteiger partial charge in [-0.15, -0.1) is 5.10 Å². The van der Waals surface area contributed by atoms with Crippen LogP contribution in [0.1, 0.15) is 28.8 Å². The predicted molar refractivity (Wildman–Crippen MR) is 243 cm³/mol. The van der Waals surface area contributed by atoms with Gasteiger partial charge in [0.15, 0.2) is 16.8 Å². The molecule has 0 unspecified atom stereocenters. The van der Waals surface area contributed by atoms with Crippen LogP contribution in [0, 0.1) is 0 Å². The molecular weight excluding hydrogens is 853 g/mol. The van der Waals surface area contributed by atoms with E-state index in [9.17, 15) is 24.3 Å². The van der Waals surface area contributed by atoms with E-state index in [1.165, 1.54) is 25.3 Å². The van der Waals surface area contributed by atoms with Crippen molar-refractivity contribution >= 4 is 34.4 Å². The van der Waals surface area contributed by atoms with E-state index in [0.717, 1.165) is 22.4 Å². The van der Waals surface area contributed by atoms with Gasteiger partial charge in [-0.2, -0.15) is 0 Å². The van der Waals surface area contributed by atoms with Crippen LogP contribution in [0.15, 0.2) is 100 Å². The Morgan fingerprint density at radius 1 is 0.773 bits per heavy atom. The summed E-state index contributed by atoms with van der Waals surface area (Å²) in [4.78, 5) is 51.8. The lowest BCUT2D eigenvalue weighted by Crippen LogP contribution is -2.32. The Hall–Kier alpha value is -6.96. The van der Waals surface area contributed by atoms with E-state index in [1.54, 1.807) is 29.2 Å². The summed E-state index contributed by atoms with van der Waals surface area (Å²) in [7, 11) is 1.38. The molecule has 3 amide bonds. The third-order valence-corrected chi connectivity index (χ3v) is 10.6. The fourth-order valence-corrected chi connectivity index (χ4v) is 7.34. The molecule has 1 aliphatic rings. The van der Waals surface area contributed by atoms with Crippen molar-refractivity contribution < 1.29 is 52.3 Å². The number of benzene rings is 4. The van der Waals surface area contributed by atoms with E-state index in [0.29, 0.717) is 108 Å². The van der Waals surface area contributed by atoms with Gasteiger partial charge in [-0.05, 0) is 35.9 Å². The maximum atomic E-state index is 13.4. The minimum atomic E-state index is -0.525. The number of hydrogen-bond acceptors (Lipinski definition) is 14. The quantitative estimate of drug-likeness (QED) is 0.0699. The number of phenols is 1. The fourth-order valence-electron chi connectivity index (χ4n) is 7.34. The van der Waals surface area contributed by atoms with Gasteiger partial charge >= 0.3 is 0 Å². The number of fused-ring (bicyclic) bond motifs is 6. The summed E-state index contributed by atoms with van der Waals surface area (Å²) in [5.74, 6) is -0.806. The third kappa shape index (κ3) is 11.8. The van der Waals surface area contributed by atoms with Gasteiger partial charge in [0.1, 0.15) is 11.5 Å². The predicted octanol–water partition coefficient (Wildman–Crippen LogP) is 4.72. The lowest BCUT2D eigenvalue weighted by molar-refractivity contribution is -0.123. The number of nitrogens with zero attached hydrogens (tertiary/aromatic N) is 4. The minimum Gasteiger partial charge on any atom is -0.504 e. The standard InChI is InChI=1S/C48H52N6O12/c1-60-47-39(55)15-14-37-40(56)30-41(66-46(37)47)32-10-12-33(13-11-32)48(59)50-18-20-61-22-24-63-26-28-65-29-27-64-25-23-62-21-19-54-45-35-7-3-2-6-34(35)31-53(43(58)17-16-42(49)57)38-9-5-4-8-36(38)44(45)51-52-54/h2-15,30,55H,16-29,31H2,1H3,(H2,49,57)(H,50,59). The Morgan fingerprint density at radius 3 is 2.09 bits per heavy atom. The zero-order valence-electron chi connectivity index (χ0n) is 36.6. The van der Waals surface area contributed by atoms with Crippen LogP contribution in [0.25, 0.3) is 44.8 Å². The Balaban J connectivity index is 0.727. The molecule has 346 valence electrons. The Bertz CT molecular complexity index is 2670. The van der Waals surface area contributed by atoms with Crippen LogP contribution in [-0.4, -0.2) is 118 Å². The van der Waals surface area contributed by atoms with Crippen LogP contribution in [0.4, 0.5) is 5.69 Å². The van der Waals surface area contributed by atoms with Crippen LogP contribution in [-0.2, 0) is 46.4 Å². The molecule has 0 spiro atoms. The highest BCUT2D eigenvalue weighted by Gasteiger charge is 2.29. The topological polar surface area (TPSA) is 229 Å². The Kier molecular flexibility index (Phi) is 16.6. The van der Waals surface area contributed by atoms with Crippen molar-refractivity contribution in [1.29, 1.82) is 0 Å². The molecule has 18 nitrogen and oxygen atoms in total. The second kappa shape index (κ2) is 23.3. The SMILES string of the molecule is COc1c(O)ccc2c(=O)cc(-c3ccc(C(=O)NCCOCCOCCOCCOCCOCCn4nnc5c4-c4ccccc4CN(C(=O)CCC(N)=O)c4ccccc4-5)cc3)oc12. The van der Waals surface area contributed by atoms with Crippen molar-refractivity contribution in [1.82, 2.24) is 20.3 Å². The number of phenolic OH excluding ortho intramolecular Hbond substituents is 1. The highest BCUT2D eigenvalue weighted by atomic mass is 16.6. The van der Waals surface area contributed by atoms with Gasteiger partial charge < -0.3 is 53.9 Å². The first-order valence-corrected chi connectivity index (χ1v) is 21.5. The number of aromatic hydroxyl groups is 1. The molecular formula is C48H52N6O12. The number of nitrogens with one attached hydrogen (secondary N) is 1. The number of rotatable bonds is 24. The Labute approximate surface area is 380 Å². The number of hydrogen-bond donors (Lipinski definition) is 3. The molecule has 0 bridgehead atoms. The first kappa shape index (κ1) is 47.0. The van der Waals surface area contributed by atoms with Gasteiger partial charge in [0.2, 0.25) is 17.6 Å². The maximum Gasteiger partial charge on any atom is 0.251 e. The highest BCUT2D eigenvalue weighted by molar-refractivity contribution is 6.01. The summed E-state index contributed by atoms with van der Waals surface area (Å²) < 4.78 is 41.2. The molecule has 66 heavy (non-hydrogen) atoms. The number of carbonyl (C=O) groups excluding carboxylic acids is 3. The minimum absolute atomic E-state index is 0.00736. The number of para-hydroxylation sites is 1. The van der Waals surface area contributed by atoms with E-state index in [-0.39, 0.29) is 58.3 Å². The largest absolute Gasteiger partial charge is 0.504 e. The van der Waals surface area contributed by atoms with Crippen molar-refractivity contribution in [2.75, 3.05) is 84.6 Å². The van der Waals surface area contributed by atoms with Gasteiger partial charge in [0.25, 0.3) is 5.91 Å². The van der Waals surface area contributed by atoms with E-state index >= 15 is 0 Å². The molecule has 6 aromatic rings. The van der Waals surface area contributed by atoms with Crippen molar-refractivity contribution in [3.8, 4) is 45.3 Å². The average Bonchev–Trinajstić information content (AvgIpc) is 3.74. The first-order chi connectivity index (χ1) is 32.2. The molecule has 0 radical (unpaired) electrons. The molecule has 0 aliphatic carbocycles. The summed E-state index contributed by atoms with van der Waals surface area (Å²) in [6.07, 6.45) is -0.0247. The van der Waals surface area contributed by atoms with Crippen LogP contribution < -0.4 is 26.1 Å². The van der Waals surface area contributed by atoms with Crippen molar-refractivity contribution in [3.05, 3.63) is 112 Å². The molecule has 1 aliphatic heterocycles. The molecule has 18 heteroatoms. The second-order valence-electron chi connectivity index (χ2n) is 15.0. The molecule has 0 fully saturated rings. The number of ether oxygens (including phenoxy) is 6. The molecule has 0 saturated heterocycles. The summed E-state index contributed by atoms with van der Waals surface area (Å²) in [6.45, 7) is 4.87. The van der Waals surface area contributed by atoms with E-state index in [2.05, 4.69) is 15.6 Å². The van der Waals surface area contributed by atoms with Crippen molar-refractivity contribution in [2.24, 2.45) is 5.73 Å². The summed E-state index contributed by atoms with van der Waals surface area (Å²) in [5, 5.41) is 22.2. The zero-order chi connectivity index (χ0) is 46.3. The maximum absolute atomic E-state index is 13.4. The number of nitrogens with two attached hydrogens (primary N) is 1. The third-order valence-electron chi connectivity index (χ3n) is 10.6. The molecule has 4 N–H and O–H groups in total. The fraction of sp³-hybridized carbons (Fsp3) is 0.333. The van der Waals surface area contributed by atoms with Crippen LogP contribution in [0.3, 0.4) is 0 Å². The van der Waals surface area contributed by atoms with Crippen LogP contribution in [0.2, 0.25) is 0 Å². The van der Waals surface area contributed by atoms with Gasteiger partial charge in [-0.25, -0.2) is 4.68 Å². The average molecular weight is 905 g/mol. The summed E-state index contributed by atoms with van der Waals surface area (Å²) in [6, 6.07) is 26.2. The molecule has 0 saturated carbocycles. The molecule has 0 atom stereocenters. The van der Waals surface area contributed by atoms with E-state index < -0.39 is 5.91 Å². The lowest BCUT2D eigenvalue weighted by Gasteiger charge is -2.28. The van der Waals surface area contributed by atoms with E-state index in [4.69, 9.17) is 38.6 Å². The second-order valence-corrected chi connectivity index (χ2v) is 15.0. The normalized spacial score (nSPS) is 11.9. The zero-order valence-corrected chi connectivity index (χ0v) is 36.6. The van der Waals surface area contributed by atoms with Gasteiger partial charge in [-0.1, -0.05) is 59.8 Å². The van der Waals surface area contributed by atoms with Crippen molar-refractivity contribution in [3.63, 3.8) is 0 Å². The highest BCUT2D eigenvalue weighted by Crippen LogP contribution is 2.41. The van der Waals surface area contributed by atoms with Gasteiger partial charge in [-0.3, -0.25) is 19.2 Å². The Morgan fingerprint density at radius 2 is 1.41 bits per heavy atom. The smallest absolute Gasteiger partial charge is 0.251 e.